The van der Waals surface area contributed by atoms with Crippen LogP contribution in [-0.2, 0) is 6.42 Å². The fraction of sp³-hybridized carbons (Fsp3) is 0.647. The van der Waals surface area contributed by atoms with Gasteiger partial charge in [-0.2, -0.15) is 0 Å². The van der Waals surface area contributed by atoms with Gasteiger partial charge in [-0.05, 0) is 49.7 Å². The molecule has 2 rings (SSSR count). The second-order valence-corrected chi connectivity index (χ2v) is 6.41. The average molecular weight is 262 g/mol. The number of aryl methyl sites for hydroxylation is 1. The molecule has 1 saturated carbocycles. The normalized spacial score (nSPS) is 31.2. The zero-order valence-electron chi connectivity index (χ0n) is 12.6. The highest BCUT2D eigenvalue weighted by atomic mass is 16.5. The van der Waals surface area contributed by atoms with Crippen LogP contribution in [0.2, 0.25) is 0 Å². The van der Waals surface area contributed by atoms with Crippen molar-refractivity contribution in [2.45, 2.75) is 52.1 Å². The van der Waals surface area contributed by atoms with Crippen molar-refractivity contribution in [3.63, 3.8) is 0 Å². The van der Waals surface area contributed by atoms with Gasteiger partial charge in [0.25, 0.3) is 0 Å². The summed E-state index contributed by atoms with van der Waals surface area (Å²) in [7, 11) is 1.70. The van der Waals surface area contributed by atoms with E-state index in [-0.39, 0.29) is 0 Å². The van der Waals surface area contributed by atoms with Gasteiger partial charge in [0.2, 0.25) is 0 Å². The predicted octanol–water partition coefficient (Wildman–Crippen LogP) is 3.73. The van der Waals surface area contributed by atoms with Crippen LogP contribution in [-0.4, -0.2) is 17.8 Å². The molecule has 1 N–H and O–H groups in total. The Kier molecular flexibility index (Phi) is 4.19. The van der Waals surface area contributed by atoms with Gasteiger partial charge in [-0.3, -0.25) is 0 Å². The SMILES string of the molecule is COc1ccc(C)cc1CC1(O)CCC(C)C(C)C1. The first-order valence-corrected chi connectivity index (χ1v) is 7.29. The van der Waals surface area contributed by atoms with E-state index in [0.29, 0.717) is 12.3 Å². The van der Waals surface area contributed by atoms with Crippen LogP contribution in [0, 0.1) is 18.8 Å². The molecule has 2 heteroatoms. The molecule has 3 atom stereocenters. The van der Waals surface area contributed by atoms with E-state index in [1.165, 1.54) is 5.56 Å². The Bertz CT molecular complexity index is 441. The summed E-state index contributed by atoms with van der Waals surface area (Å²) in [5, 5.41) is 10.9. The van der Waals surface area contributed by atoms with E-state index in [0.717, 1.165) is 36.5 Å². The van der Waals surface area contributed by atoms with Crippen LogP contribution in [0.3, 0.4) is 0 Å². The van der Waals surface area contributed by atoms with E-state index in [1.54, 1.807) is 7.11 Å². The number of aliphatic hydroxyl groups is 1. The predicted molar refractivity (Wildman–Crippen MR) is 78.6 cm³/mol. The van der Waals surface area contributed by atoms with Crippen LogP contribution in [0.25, 0.3) is 0 Å². The van der Waals surface area contributed by atoms with E-state index in [9.17, 15) is 5.11 Å². The Labute approximate surface area is 116 Å². The van der Waals surface area contributed by atoms with E-state index in [2.05, 4.69) is 32.9 Å². The quantitative estimate of drug-likeness (QED) is 0.899. The van der Waals surface area contributed by atoms with Crippen molar-refractivity contribution in [1.82, 2.24) is 0 Å². The number of rotatable bonds is 3. The van der Waals surface area contributed by atoms with Gasteiger partial charge >= 0.3 is 0 Å². The molecule has 0 spiro atoms. The molecule has 2 nitrogen and oxygen atoms in total. The Morgan fingerprint density at radius 2 is 2.05 bits per heavy atom. The number of ether oxygens (including phenoxy) is 1. The standard InChI is InChI=1S/C17H26O2/c1-12-5-6-16(19-4)15(9-12)11-17(18)8-7-13(2)14(3)10-17/h5-6,9,13-14,18H,7-8,10-11H2,1-4H3. The van der Waals surface area contributed by atoms with E-state index < -0.39 is 5.60 Å². The van der Waals surface area contributed by atoms with Gasteiger partial charge in [0, 0.05) is 6.42 Å². The topological polar surface area (TPSA) is 29.5 Å². The summed E-state index contributed by atoms with van der Waals surface area (Å²) in [4.78, 5) is 0. The number of hydrogen-bond donors (Lipinski definition) is 1. The fourth-order valence-corrected chi connectivity index (χ4v) is 3.24. The molecule has 0 radical (unpaired) electrons. The Morgan fingerprint density at radius 1 is 1.32 bits per heavy atom. The molecule has 106 valence electrons. The highest BCUT2D eigenvalue weighted by Crippen LogP contribution is 2.39. The third-order valence-electron chi connectivity index (χ3n) is 4.69. The zero-order valence-corrected chi connectivity index (χ0v) is 12.6. The maximum Gasteiger partial charge on any atom is 0.122 e. The lowest BCUT2D eigenvalue weighted by atomic mass is 9.71. The van der Waals surface area contributed by atoms with Crippen LogP contribution in [0.5, 0.6) is 5.75 Å². The maximum atomic E-state index is 10.9. The fourth-order valence-electron chi connectivity index (χ4n) is 3.24. The summed E-state index contributed by atoms with van der Waals surface area (Å²) in [5.74, 6) is 2.21. The monoisotopic (exact) mass is 262 g/mol. The van der Waals surface area contributed by atoms with Crippen LogP contribution < -0.4 is 4.74 Å². The minimum Gasteiger partial charge on any atom is -0.496 e. The molecule has 3 unspecified atom stereocenters. The summed E-state index contributed by atoms with van der Waals surface area (Å²) in [6, 6.07) is 6.19. The van der Waals surface area contributed by atoms with Crippen molar-refractivity contribution in [3.05, 3.63) is 29.3 Å². The summed E-state index contributed by atoms with van der Waals surface area (Å²) >= 11 is 0. The molecule has 0 aromatic heterocycles. The zero-order chi connectivity index (χ0) is 14.0. The van der Waals surface area contributed by atoms with E-state index in [1.807, 2.05) is 6.07 Å². The lowest BCUT2D eigenvalue weighted by Gasteiger charge is -2.39. The van der Waals surface area contributed by atoms with Gasteiger partial charge in [-0.1, -0.05) is 31.5 Å². The summed E-state index contributed by atoms with van der Waals surface area (Å²) in [6.07, 6.45) is 3.61. The highest BCUT2D eigenvalue weighted by molar-refractivity contribution is 5.38. The molecule has 0 bridgehead atoms. The van der Waals surface area contributed by atoms with Gasteiger partial charge in [-0.15, -0.1) is 0 Å². The van der Waals surface area contributed by atoms with Crippen molar-refractivity contribution in [3.8, 4) is 5.75 Å². The van der Waals surface area contributed by atoms with Gasteiger partial charge in [0.05, 0.1) is 12.7 Å². The largest absolute Gasteiger partial charge is 0.496 e. The molecular weight excluding hydrogens is 236 g/mol. The smallest absolute Gasteiger partial charge is 0.122 e. The van der Waals surface area contributed by atoms with Gasteiger partial charge in [-0.25, -0.2) is 0 Å². The van der Waals surface area contributed by atoms with Gasteiger partial charge < -0.3 is 9.84 Å². The lowest BCUT2D eigenvalue weighted by Crippen LogP contribution is -2.39. The number of hydrogen-bond acceptors (Lipinski definition) is 2. The molecule has 0 heterocycles. The molecule has 0 aliphatic heterocycles. The second kappa shape index (κ2) is 5.54. The minimum atomic E-state index is -0.562. The number of methoxy groups -OCH3 is 1. The van der Waals surface area contributed by atoms with Crippen molar-refractivity contribution >= 4 is 0 Å². The Morgan fingerprint density at radius 3 is 2.68 bits per heavy atom. The molecule has 1 aromatic carbocycles. The van der Waals surface area contributed by atoms with Gasteiger partial charge in [0.1, 0.15) is 5.75 Å². The third kappa shape index (κ3) is 3.30. The van der Waals surface area contributed by atoms with Crippen molar-refractivity contribution in [1.29, 1.82) is 0 Å². The first-order valence-electron chi connectivity index (χ1n) is 7.29. The Hall–Kier alpha value is -1.02. The molecule has 19 heavy (non-hydrogen) atoms. The van der Waals surface area contributed by atoms with Crippen LogP contribution in [0.1, 0.15) is 44.2 Å². The molecule has 1 fully saturated rings. The highest BCUT2D eigenvalue weighted by Gasteiger charge is 2.36. The lowest BCUT2D eigenvalue weighted by molar-refractivity contribution is -0.0283. The van der Waals surface area contributed by atoms with Crippen LogP contribution >= 0.6 is 0 Å². The maximum absolute atomic E-state index is 10.9. The first kappa shape index (κ1) is 14.4. The molecule has 0 saturated heterocycles. The van der Waals surface area contributed by atoms with E-state index in [4.69, 9.17) is 4.74 Å². The summed E-state index contributed by atoms with van der Waals surface area (Å²) in [5.41, 5.74) is 1.79. The van der Waals surface area contributed by atoms with Crippen molar-refractivity contribution < 1.29 is 9.84 Å². The molecule has 1 aliphatic carbocycles. The third-order valence-corrected chi connectivity index (χ3v) is 4.69. The minimum absolute atomic E-state index is 0.562. The van der Waals surface area contributed by atoms with Crippen molar-refractivity contribution in [2.24, 2.45) is 11.8 Å². The van der Waals surface area contributed by atoms with Crippen LogP contribution in [0.15, 0.2) is 18.2 Å². The first-order chi connectivity index (χ1) is 8.93. The van der Waals surface area contributed by atoms with Crippen LogP contribution in [0.4, 0.5) is 0 Å². The average Bonchev–Trinajstić information content (AvgIpc) is 2.35. The Balaban J connectivity index is 2.18. The summed E-state index contributed by atoms with van der Waals surface area (Å²) in [6.45, 7) is 6.62. The van der Waals surface area contributed by atoms with E-state index >= 15 is 0 Å². The number of benzene rings is 1. The van der Waals surface area contributed by atoms with Gasteiger partial charge in [0.15, 0.2) is 0 Å². The molecular formula is C17H26O2. The summed E-state index contributed by atoms with van der Waals surface area (Å²) < 4.78 is 5.42. The molecule has 1 aliphatic rings. The second-order valence-electron chi connectivity index (χ2n) is 6.41. The molecule has 1 aromatic rings. The molecule has 0 amide bonds. The van der Waals surface area contributed by atoms with Crippen molar-refractivity contribution in [2.75, 3.05) is 7.11 Å².